The molecule has 2 heterocycles. The van der Waals surface area contributed by atoms with Crippen LogP contribution in [0.4, 0.5) is 10.7 Å². The van der Waals surface area contributed by atoms with Crippen LogP contribution in [0.1, 0.15) is 35.7 Å². The molecule has 0 saturated carbocycles. The van der Waals surface area contributed by atoms with Crippen molar-refractivity contribution < 1.29 is 9.59 Å². The Bertz CT molecular complexity index is 814. The maximum absolute atomic E-state index is 12.6. The van der Waals surface area contributed by atoms with E-state index in [-0.39, 0.29) is 11.9 Å². The second-order valence-corrected chi connectivity index (χ2v) is 7.85. The maximum atomic E-state index is 12.6. The predicted molar refractivity (Wildman–Crippen MR) is 110 cm³/mol. The average molecular weight is 387 g/mol. The van der Waals surface area contributed by atoms with Crippen molar-refractivity contribution >= 4 is 33.8 Å². The van der Waals surface area contributed by atoms with Crippen molar-refractivity contribution in [2.75, 3.05) is 30.4 Å². The van der Waals surface area contributed by atoms with Gasteiger partial charge in [-0.3, -0.25) is 14.5 Å². The Morgan fingerprint density at radius 2 is 1.96 bits per heavy atom. The Labute approximate surface area is 164 Å². The van der Waals surface area contributed by atoms with Gasteiger partial charge in [0.05, 0.1) is 11.6 Å². The molecule has 1 unspecified atom stereocenters. The third-order valence-electron chi connectivity index (χ3n) is 5.07. The molecule has 2 aromatic rings. The number of hydrogen-bond acceptors (Lipinski definition) is 5. The van der Waals surface area contributed by atoms with Crippen molar-refractivity contribution in [1.82, 2.24) is 4.90 Å². The van der Waals surface area contributed by atoms with E-state index in [1.807, 2.05) is 24.9 Å². The number of anilines is 2. The van der Waals surface area contributed by atoms with E-state index in [1.165, 1.54) is 35.4 Å². The minimum atomic E-state index is -0.535. The SMILES string of the molecule is CC(C(=O)Nc1sccc1C(N)=O)N(C)Cc1ccccc1N1CCCC1. The van der Waals surface area contributed by atoms with Crippen LogP contribution in [0, 0.1) is 0 Å². The summed E-state index contributed by atoms with van der Waals surface area (Å²) in [6.07, 6.45) is 2.46. The van der Waals surface area contributed by atoms with Gasteiger partial charge in [0.1, 0.15) is 5.00 Å². The van der Waals surface area contributed by atoms with E-state index in [9.17, 15) is 9.59 Å². The van der Waals surface area contributed by atoms with Gasteiger partial charge >= 0.3 is 0 Å². The number of carbonyl (C=O) groups excluding carboxylic acids is 2. The van der Waals surface area contributed by atoms with Crippen LogP contribution < -0.4 is 16.0 Å². The minimum Gasteiger partial charge on any atom is -0.371 e. The molecule has 0 aliphatic carbocycles. The lowest BCUT2D eigenvalue weighted by molar-refractivity contribution is -0.120. The Balaban J connectivity index is 1.67. The highest BCUT2D eigenvalue weighted by molar-refractivity contribution is 7.14. The van der Waals surface area contributed by atoms with Gasteiger partial charge in [0.25, 0.3) is 5.91 Å². The van der Waals surface area contributed by atoms with Crippen LogP contribution in [-0.2, 0) is 11.3 Å². The molecule has 1 aromatic carbocycles. The van der Waals surface area contributed by atoms with Crippen molar-refractivity contribution in [3.05, 3.63) is 46.8 Å². The lowest BCUT2D eigenvalue weighted by Gasteiger charge is -2.27. The molecule has 2 amide bonds. The molecule has 0 radical (unpaired) electrons. The number of nitrogens with one attached hydrogen (secondary N) is 1. The fraction of sp³-hybridized carbons (Fsp3) is 0.400. The third kappa shape index (κ3) is 4.48. The number of likely N-dealkylation sites (N-methyl/N-ethyl adjacent to an activating group) is 1. The zero-order chi connectivity index (χ0) is 19.4. The molecule has 1 aromatic heterocycles. The molecule has 3 N–H and O–H groups in total. The number of primary amides is 1. The molecule has 6 nitrogen and oxygen atoms in total. The topological polar surface area (TPSA) is 78.7 Å². The van der Waals surface area contributed by atoms with Gasteiger partial charge in [-0.2, -0.15) is 0 Å². The van der Waals surface area contributed by atoms with Crippen molar-refractivity contribution in [1.29, 1.82) is 0 Å². The molecule has 1 aliphatic heterocycles. The zero-order valence-corrected chi connectivity index (χ0v) is 16.6. The summed E-state index contributed by atoms with van der Waals surface area (Å²) in [5, 5.41) is 5.09. The normalized spacial score (nSPS) is 15.1. The molecule has 1 aliphatic rings. The van der Waals surface area contributed by atoms with E-state index < -0.39 is 5.91 Å². The van der Waals surface area contributed by atoms with Crippen LogP contribution in [-0.4, -0.2) is 42.9 Å². The second-order valence-electron chi connectivity index (χ2n) is 6.93. The fourth-order valence-electron chi connectivity index (χ4n) is 3.33. The van der Waals surface area contributed by atoms with Gasteiger partial charge in [-0.25, -0.2) is 0 Å². The molecule has 27 heavy (non-hydrogen) atoms. The Morgan fingerprint density at radius 3 is 2.67 bits per heavy atom. The number of nitrogens with zero attached hydrogens (tertiary/aromatic N) is 2. The summed E-state index contributed by atoms with van der Waals surface area (Å²) in [6.45, 7) is 4.72. The van der Waals surface area contributed by atoms with E-state index in [0.717, 1.165) is 13.1 Å². The summed E-state index contributed by atoms with van der Waals surface area (Å²) in [5.74, 6) is -0.687. The summed E-state index contributed by atoms with van der Waals surface area (Å²) in [4.78, 5) is 28.5. The number of rotatable bonds is 7. The highest BCUT2D eigenvalue weighted by atomic mass is 32.1. The van der Waals surface area contributed by atoms with E-state index >= 15 is 0 Å². The van der Waals surface area contributed by atoms with E-state index in [1.54, 1.807) is 11.4 Å². The lowest BCUT2D eigenvalue weighted by atomic mass is 10.1. The zero-order valence-electron chi connectivity index (χ0n) is 15.8. The number of amides is 2. The standard InChI is InChI=1S/C20H26N4O2S/c1-14(19(26)22-20-16(18(21)25)9-12-27-20)23(2)13-15-7-3-4-8-17(15)24-10-5-6-11-24/h3-4,7-9,12,14H,5-6,10-11,13H2,1-2H3,(H2,21,25)(H,22,26). The summed E-state index contributed by atoms with van der Waals surface area (Å²) in [6, 6.07) is 9.67. The van der Waals surface area contributed by atoms with E-state index in [2.05, 4.69) is 28.4 Å². The van der Waals surface area contributed by atoms with E-state index in [0.29, 0.717) is 17.1 Å². The quantitative estimate of drug-likeness (QED) is 0.767. The highest BCUT2D eigenvalue weighted by Gasteiger charge is 2.22. The summed E-state index contributed by atoms with van der Waals surface area (Å²) >= 11 is 1.30. The number of hydrogen-bond donors (Lipinski definition) is 2. The minimum absolute atomic E-state index is 0.152. The van der Waals surface area contributed by atoms with Gasteiger partial charge in [0.15, 0.2) is 0 Å². The maximum Gasteiger partial charge on any atom is 0.251 e. The van der Waals surface area contributed by atoms with Crippen molar-refractivity contribution in [3.63, 3.8) is 0 Å². The molecule has 1 atom stereocenters. The fourth-order valence-corrected chi connectivity index (χ4v) is 4.13. The molecule has 3 rings (SSSR count). The average Bonchev–Trinajstić information content (AvgIpc) is 3.33. The number of para-hydroxylation sites is 1. The smallest absolute Gasteiger partial charge is 0.251 e. The first kappa shape index (κ1) is 19.4. The van der Waals surface area contributed by atoms with Gasteiger partial charge in [0.2, 0.25) is 5.91 Å². The van der Waals surface area contributed by atoms with Gasteiger partial charge in [-0.1, -0.05) is 18.2 Å². The monoisotopic (exact) mass is 386 g/mol. The van der Waals surface area contributed by atoms with Gasteiger partial charge in [-0.15, -0.1) is 11.3 Å². The third-order valence-corrected chi connectivity index (χ3v) is 5.90. The van der Waals surface area contributed by atoms with Crippen molar-refractivity contribution in [3.8, 4) is 0 Å². The number of thiophene rings is 1. The van der Waals surface area contributed by atoms with Crippen LogP contribution >= 0.6 is 11.3 Å². The van der Waals surface area contributed by atoms with E-state index in [4.69, 9.17) is 5.73 Å². The Hall–Kier alpha value is -2.38. The lowest BCUT2D eigenvalue weighted by Crippen LogP contribution is -2.39. The molecule has 1 fully saturated rings. The van der Waals surface area contributed by atoms with Crippen LogP contribution in [0.3, 0.4) is 0 Å². The molecule has 1 saturated heterocycles. The van der Waals surface area contributed by atoms with Crippen LogP contribution in [0.5, 0.6) is 0 Å². The highest BCUT2D eigenvalue weighted by Crippen LogP contribution is 2.26. The first-order valence-electron chi connectivity index (χ1n) is 9.18. The van der Waals surface area contributed by atoms with Gasteiger partial charge in [-0.05, 0) is 49.9 Å². The molecular formula is C20H26N4O2S. The number of carbonyl (C=O) groups is 2. The summed E-state index contributed by atoms with van der Waals surface area (Å²) in [7, 11) is 1.94. The van der Waals surface area contributed by atoms with Crippen LogP contribution in [0.15, 0.2) is 35.7 Å². The number of benzene rings is 1. The second kappa shape index (κ2) is 8.54. The first-order valence-corrected chi connectivity index (χ1v) is 10.1. The Morgan fingerprint density at radius 1 is 1.26 bits per heavy atom. The molecule has 7 heteroatoms. The van der Waals surface area contributed by atoms with Crippen LogP contribution in [0.25, 0.3) is 0 Å². The van der Waals surface area contributed by atoms with Gasteiger partial charge < -0.3 is 16.0 Å². The first-order chi connectivity index (χ1) is 13.0. The number of nitrogens with two attached hydrogens (primary N) is 1. The predicted octanol–water partition coefficient (Wildman–Crippen LogP) is 2.91. The molecule has 0 spiro atoms. The molecule has 144 valence electrons. The van der Waals surface area contributed by atoms with Crippen LogP contribution in [0.2, 0.25) is 0 Å². The van der Waals surface area contributed by atoms with Crippen molar-refractivity contribution in [2.45, 2.75) is 32.4 Å². The summed E-state index contributed by atoms with van der Waals surface area (Å²) < 4.78 is 0. The molecular weight excluding hydrogens is 360 g/mol. The Kier molecular flexibility index (Phi) is 6.13. The van der Waals surface area contributed by atoms with Gasteiger partial charge in [0, 0.05) is 25.3 Å². The van der Waals surface area contributed by atoms with Crippen molar-refractivity contribution in [2.24, 2.45) is 5.73 Å². The largest absolute Gasteiger partial charge is 0.371 e. The molecule has 0 bridgehead atoms. The summed E-state index contributed by atoms with van der Waals surface area (Å²) in [5.41, 5.74) is 8.17.